The molecule has 0 bridgehead atoms. The maximum Gasteiger partial charge on any atom is 0.259 e. The number of benzene rings is 1. The van der Waals surface area contributed by atoms with Crippen molar-refractivity contribution in [3.8, 4) is 0 Å². The molecule has 0 saturated carbocycles. The van der Waals surface area contributed by atoms with Gasteiger partial charge in [0.15, 0.2) is 0 Å². The number of aromatic amines is 1. The Morgan fingerprint density at radius 2 is 1.93 bits per heavy atom. The fourth-order valence-corrected chi connectivity index (χ4v) is 4.56. The molecular weight excluding hydrogens is 382 g/mol. The van der Waals surface area contributed by atoms with E-state index in [4.69, 9.17) is 4.98 Å². The van der Waals surface area contributed by atoms with Crippen molar-refractivity contribution in [1.29, 1.82) is 0 Å². The van der Waals surface area contributed by atoms with Crippen LogP contribution in [0.3, 0.4) is 0 Å². The lowest BCUT2D eigenvalue weighted by Gasteiger charge is -2.25. The molecular formula is C23H31N3O2S. The quantitative estimate of drug-likeness (QED) is 0.555. The standard InChI is InChI=1S/C23H31N3O2S/c1-15(2)10-11-26(13-19(27)12-18-8-6-5-7-9-18)14-20-24-22(28)21-16(3)17(4)29-23(21)25-20/h5-9,15,19,27H,10-14H2,1-4H3,(H,24,25,28)/t19-/m0/s1. The Morgan fingerprint density at radius 3 is 2.62 bits per heavy atom. The molecule has 5 nitrogen and oxygen atoms in total. The van der Waals surface area contributed by atoms with Crippen molar-refractivity contribution in [1.82, 2.24) is 14.9 Å². The van der Waals surface area contributed by atoms with Crippen LogP contribution < -0.4 is 5.56 Å². The number of hydrogen-bond donors (Lipinski definition) is 2. The SMILES string of the molecule is Cc1sc2nc(CN(CCC(C)C)C[C@@H](O)Cc3ccccc3)[nH]c(=O)c2c1C. The van der Waals surface area contributed by atoms with Gasteiger partial charge >= 0.3 is 0 Å². The Labute approximate surface area is 176 Å². The number of thiophene rings is 1. The average molecular weight is 414 g/mol. The molecule has 0 aliphatic rings. The molecule has 0 aliphatic heterocycles. The van der Waals surface area contributed by atoms with Gasteiger partial charge in [-0.3, -0.25) is 9.69 Å². The number of nitrogens with one attached hydrogen (secondary N) is 1. The van der Waals surface area contributed by atoms with Crippen molar-refractivity contribution in [2.75, 3.05) is 13.1 Å². The van der Waals surface area contributed by atoms with E-state index < -0.39 is 6.10 Å². The van der Waals surface area contributed by atoms with Gasteiger partial charge in [0, 0.05) is 11.4 Å². The summed E-state index contributed by atoms with van der Waals surface area (Å²) in [5.74, 6) is 1.24. The van der Waals surface area contributed by atoms with Crippen LogP contribution in [0.1, 0.15) is 42.1 Å². The first-order chi connectivity index (χ1) is 13.8. The van der Waals surface area contributed by atoms with Crippen LogP contribution in [0.15, 0.2) is 35.1 Å². The number of aliphatic hydroxyl groups excluding tert-OH is 1. The van der Waals surface area contributed by atoms with Gasteiger partial charge in [-0.15, -0.1) is 11.3 Å². The monoisotopic (exact) mass is 413 g/mol. The zero-order chi connectivity index (χ0) is 21.0. The predicted octanol–water partition coefficient (Wildman–Crippen LogP) is 4.05. The summed E-state index contributed by atoms with van der Waals surface area (Å²) in [5.41, 5.74) is 2.07. The normalized spacial score (nSPS) is 12.9. The van der Waals surface area contributed by atoms with Crippen molar-refractivity contribution in [3.63, 3.8) is 0 Å². The van der Waals surface area contributed by atoms with E-state index >= 15 is 0 Å². The summed E-state index contributed by atoms with van der Waals surface area (Å²) in [6, 6.07) is 10.0. The molecule has 0 radical (unpaired) electrons. The van der Waals surface area contributed by atoms with Crippen molar-refractivity contribution in [2.45, 2.75) is 53.2 Å². The Morgan fingerprint density at radius 1 is 1.21 bits per heavy atom. The summed E-state index contributed by atoms with van der Waals surface area (Å²) in [6.45, 7) is 10.3. The Bertz CT molecular complexity index is 995. The molecule has 2 aromatic heterocycles. The topological polar surface area (TPSA) is 69.2 Å². The summed E-state index contributed by atoms with van der Waals surface area (Å²) in [5, 5.41) is 11.4. The van der Waals surface area contributed by atoms with Crippen molar-refractivity contribution in [3.05, 3.63) is 62.5 Å². The zero-order valence-corrected chi connectivity index (χ0v) is 18.6. The van der Waals surface area contributed by atoms with E-state index in [1.54, 1.807) is 11.3 Å². The van der Waals surface area contributed by atoms with Crippen molar-refractivity contribution >= 4 is 21.6 Å². The van der Waals surface area contributed by atoms with Crippen LogP contribution in [0.4, 0.5) is 0 Å². The van der Waals surface area contributed by atoms with E-state index in [2.05, 4.69) is 23.7 Å². The number of hydrogen-bond acceptors (Lipinski definition) is 5. The third-order valence-electron chi connectivity index (χ3n) is 5.27. The van der Waals surface area contributed by atoms with Crippen molar-refractivity contribution in [2.24, 2.45) is 5.92 Å². The highest BCUT2D eigenvalue weighted by Gasteiger charge is 2.17. The number of aromatic nitrogens is 2. The van der Waals surface area contributed by atoms with Crippen molar-refractivity contribution < 1.29 is 5.11 Å². The maximum atomic E-state index is 12.6. The average Bonchev–Trinajstić information content (AvgIpc) is 2.94. The van der Waals surface area contributed by atoms with Gasteiger partial charge in [0.1, 0.15) is 10.7 Å². The second-order valence-corrected chi connectivity index (χ2v) is 9.44. The Balaban J connectivity index is 1.76. The third kappa shape index (κ3) is 5.75. The Kier molecular flexibility index (Phi) is 7.22. The lowest BCUT2D eigenvalue weighted by atomic mass is 10.1. The smallest absolute Gasteiger partial charge is 0.259 e. The Hall–Kier alpha value is -2.02. The molecule has 0 saturated heterocycles. The number of H-pyrrole nitrogens is 1. The van der Waals surface area contributed by atoms with Crippen LogP contribution in [0.25, 0.3) is 10.2 Å². The van der Waals surface area contributed by atoms with E-state index in [0.29, 0.717) is 36.6 Å². The molecule has 0 aliphatic carbocycles. The summed E-state index contributed by atoms with van der Waals surface area (Å²) in [4.78, 5) is 24.4. The minimum absolute atomic E-state index is 0.0690. The first kappa shape index (κ1) is 21.7. The molecule has 3 aromatic rings. The van der Waals surface area contributed by atoms with E-state index in [1.165, 1.54) is 0 Å². The predicted molar refractivity (Wildman–Crippen MR) is 121 cm³/mol. The first-order valence-electron chi connectivity index (χ1n) is 10.3. The largest absolute Gasteiger partial charge is 0.391 e. The van der Waals surface area contributed by atoms with Crippen LogP contribution in [0.5, 0.6) is 0 Å². The van der Waals surface area contributed by atoms with Crippen LogP contribution in [0, 0.1) is 19.8 Å². The lowest BCUT2D eigenvalue weighted by molar-refractivity contribution is 0.104. The number of aliphatic hydroxyl groups is 1. The molecule has 0 amide bonds. The molecule has 2 heterocycles. The van der Waals surface area contributed by atoms with Gasteiger partial charge in [0.05, 0.1) is 18.0 Å². The third-order valence-corrected chi connectivity index (χ3v) is 6.37. The van der Waals surface area contributed by atoms with E-state index in [0.717, 1.165) is 33.8 Å². The zero-order valence-electron chi connectivity index (χ0n) is 17.7. The highest BCUT2D eigenvalue weighted by molar-refractivity contribution is 7.18. The number of nitrogens with zero attached hydrogens (tertiary/aromatic N) is 2. The fraction of sp³-hybridized carbons (Fsp3) is 0.478. The minimum Gasteiger partial charge on any atom is -0.391 e. The first-order valence-corrected chi connectivity index (χ1v) is 11.1. The minimum atomic E-state index is -0.466. The van der Waals surface area contributed by atoms with Gasteiger partial charge in [0.25, 0.3) is 5.56 Å². The van der Waals surface area contributed by atoms with Crippen LogP contribution in [-0.2, 0) is 13.0 Å². The summed E-state index contributed by atoms with van der Waals surface area (Å²) < 4.78 is 0. The molecule has 3 rings (SSSR count). The number of rotatable bonds is 9. The summed E-state index contributed by atoms with van der Waals surface area (Å²) >= 11 is 1.57. The van der Waals surface area contributed by atoms with E-state index in [9.17, 15) is 9.90 Å². The molecule has 1 atom stereocenters. The highest BCUT2D eigenvalue weighted by Crippen LogP contribution is 2.25. The second-order valence-electron chi connectivity index (χ2n) is 8.24. The van der Waals surface area contributed by atoms with Gasteiger partial charge in [0.2, 0.25) is 0 Å². The number of fused-ring (bicyclic) bond motifs is 1. The molecule has 0 fully saturated rings. The van der Waals surface area contributed by atoms with Gasteiger partial charge in [-0.1, -0.05) is 44.2 Å². The molecule has 0 unspecified atom stereocenters. The van der Waals surface area contributed by atoms with Gasteiger partial charge in [-0.05, 0) is 50.3 Å². The van der Waals surface area contributed by atoms with Gasteiger partial charge in [-0.25, -0.2) is 4.98 Å². The molecule has 0 spiro atoms. The molecule has 29 heavy (non-hydrogen) atoms. The highest BCUT2D eigenvalue weighted by atomic mass is 32.1. The molecule has 2 N–H and O–H groups in total. The van der Waals surface area contributed by atoms with Crippen LogP contribution >= 0.6 is 11.3 Å². The van der Waals surface area contributed by atoms with Crippen LogP contribution in [0.2, 0.25) is 0 Å². The molecule has 6 heteroatoms. The maximum absolute atomic E-state index is 12.6. The summed E-state index contributed by atoms with van der Waals surface area (Å²) in [6.07, 6.45) is 1.18. The molecule has 156 valence electrons. The lowest BCUT2D eigenvalue weighted by Crippen LogP contribution is -2.35. The number of aryl methyl sites for hydroxylation is 2. The second kappa shape index (κ2) is 9.65. The van der Waals surface area contributed by atoms with Gasteiger partial charge < -0.3 is 10.1 Å². The van der Waals surface area contributed by atoms with Gasteiger partial charge in [-0.2, -0.15) is 0 Å². The van der Waals surface area contributed by atoms with E-state index in [1.807, 2.05) is 44.2 Å². The van der Waals surface area contributed by atoms with Crippen LogP contribution in [-0.4, -0.2) is 39.2 Å². The molecule has 1 aromatic carbocycles. The summed E-state index contributed by atoms with van der Waals surface area (Å²) in [7, 11) is 0. The fourth-order valence-electron chi connectivity index (χ4n) is 3.51. The van der Waals surface area contributed by atoms with E-state index in [-0.39, 0.29) is 5.56 Å².